The molecule has 5 heavy (non-hydrogen) atoms. The van der Waals surface area contributed by atoms with Crippen molar-refractivity contribution in [3.8, 4) is 9.97 Å². The lowest BCUT2D eigenvalue weighted by Crippen LogP contribution is -1.60. The van der Waals surface area contributed by atoms with E-state index in [9.17, 15) is 0 Å². The van der Waals surface area contributed by atoms with Crippen LogP contribution in [-0.2, 0) is 0 Å². The largest absolute Gasteiger partial charge is 0.598 e. The summed E-state index contributed by atoms with van der Waals surface area (Å²) in [5.74, 6) is 2.70. The Morgan fingerprint density at radius 2 is 2.40 bits per heavy atom. The van der Waals surface area contributed by atoms with E-state index < -0.39 is 19.3 Å². The second kappa shape index (κ2) is 4.62. The molecule has 0 radical (unpaired) electrons. The van der Waals surface area contributed by atoms with Gasteiger partial charge in [0.2, 0.25) is 0 Å². The number of hydrogen-bond acceptors (Lipinski definition) is 0. The quantitative estimate of drug-likeness (QED) is 0.311. The summed E-state index contributed by atoms with van der Waals surface area (Å²) in [6.45, 7) is 1.80. The van der Waals surface area contributed by atoms with Gasteiger partial charge in [0.05, 0.1) is 0 Å². The van der Waals surface area contributed by atoms with Crippen LogP contribution >= 0.6 is 9.07 Å². The van der Waals surface area contributed by atoms with Gasteiger partial charge in [-0.2, -0.15) is 0 Å². The van der Waals surface area contributed by atoms with Gasteiger partial charge in [-0.1, -0.05) is 0 Å². The van der Waals surface area contributed by atoms with Gasteiger partial charge in [0, 0.05) is 0 Å². The molecule has 0 saturated carbocycles. The average Bonchev–Trinajstić information content (AvgIpc) is 1.41. The van der Waals surface area contributed by atoms with Crippen LogP contribution in [0.25, 0.3) is 0 Å². The summed E-state index contributed by atoms with van der Waals surface area (Å²) in [5, 5.41) is 0. The monoisotopic (exact) mass is 98.0 g/mol. The zero-order valence-corrected chi connectivity index (χ0v) is 5.26. The third-order valence-corrected chi connectivity index (χ3v) is 1.13. The van der Waals surface area contributed by atoms with E-state index in [1.165, 1.54) is 0 Å². The molecule has 0 atom stereocenters. The van der Waals surface area contributed by atoms with Crippen molar-refractivity contribution in [2.45, 2.75) is 6.92 Å². The third kappa shape index (κ3) is 4.62. The molecular formula is C3H3ClMg. The Kier molecular flexibility index (Phi) is 5.19. The van der Waals surface area contributed by atoms with Crippen molar-refractivity contribution < 1.29 is 0 Å². The summed E-state index contributed by atoms with van der Waals surface area (Å²) in [5.41, 5.74) is 0. The van der Waals surface area contributed by atoms with E-state index in [4.69, 9.17) is 9.07 Å². The van der Waals surface area contributed by atoms with Crippen molar-refractivity contribution in [2.24, 2.45) is 0 Å². The molecule has 0 saturated heterocycles. The van der Waals surface area contributed by atoms with E-state index in [-0.39, 0.29) is 0 Å². The van der Waals surface area contributed by atoms with Crippen LogP contribution in [0.2, 0.25) is 0 Å². The highest BCUT2D eigenvalue weighted by molar-refractivity contribution is 6.98. The van der Waals surface area contributed by atoms with Crippen molar-refractivity contribution in [3.05, 3.63) is 0 Å². The van der Waals surface area contributed by atoms with Gasteiger partial charge in [0.25, 0.3) is 0 Å². The van der Waals surface area contributed by atoms with Gasteiger partial charge in [0.15, 0.2) is 0 Å². The van der Waals surface area contributed by atoms with Crippen molar-refractivity contribution in [1.82, 2.24) is 0 Å². The molecule has 0 aromatic heterocycles. The van der Waals surface area contributed by atoms with E-state index in [0.717, 1.165) is 0 Å². The van der Waals surface area contributed by atoms with Crippen LogP contribution in [0.1, 0.15) is 6.92 Å². The molecule has 0 nitrogen and oxygen atoms in total. The highest BCUT2D eigenvalue weighted by Crippen LogP contribution is 1.58. The van der Waals surface area contributed by atoms with Crippen molar-refractivity contribution in [3.63, 3.8) is 0 Å². The Morgan fingerprint density at radius 3 is 2.40 bits per heavy atom. The van der Waals surface area contributed by atoms with Gasteiger partial charge in [-0.05, 0) is 6.92 Å². The summed E-state index contributed by atoms with van der Waals surface area (Å²) >= 11 is -0.475. The second-order valence-corrected chi connectivity index (χ2v) is 1.98. The molecular weight excluding hydrogens is 95.8 g/mol. The first-order valence-corrected chi connectivity index (χ1v) is 4.22. The van der Waals surface area contributed by atoms with Crippen LogP contribution in [0.5, 0.6) is 0 Å². The molecule has 0 rings (SSSR count). The summed E-state index contributed by atoms with van der Waals surface area (Å²) in [6, 6.07) is 0. The maximum Gasteiger partial charge on any atom is 0.598 e. The first-order chi connectivity index (χ1) is 2.41. The molecule has 0 bridgehead atoms. The molecule has 0 aliphatic heterocycles. The zero-order valence-electron chi connectivity index (χ0n) is 3.09. The molecule has 24 valence electrons. The number of halogens is 1. The predicted molar refractivity (Wildman–Crippen MR) is 25.1 cm³/mol. The molecule has 2 heteroatoms. The molecule has 0 aliphatic carbocycles. The molecule has 0 N–H and O–H groups in total. The highest BCUT2D eigenvalue weighted by Gasteiger charge is 1.70. The second-order valence-electron chi connectivity index (χ2n) is 0.560. The fourth-order valence-corrected chi connectivity index (χ4v) is 0.601. The van der Waals surface area contributed by atoms with Crippen LogP contribution < -0.4 is 0 Å². The van der Waals surface area contributed by atoms with Crippen LogP contribution in [0, 0.1) is 9.97 Å². The van der Waals surface area contributed by atoms with E-state index in [1.807, 2.05) is 0 Å². The Morgan fingerprint density at radius 1 is 1.80 bits per heavy atom. The molecule has 0 aromatic carbocycles. The minimum Gasteiger partial charge on any atom is -0.316 e. The van der Waals surface area contributed by atoms with Crippen LogP contribution in [0.4, 0.5) is 0 Å². The lowest BCUT2D eigenvalue weighted by atomic mass is 10.8. The lowest BCUT2D eigenvalue weighted by molar-refractivity contribution is 1.93. The number of hydrogen-bond donors (Lipinski definition) is 0. The Bertz CT molecular complexity index is 59.0. The Balaban J connectivity index is 2.81. The highest BCUT2D eigenvalue weighted by atomic mass is 35.5. The SMILES string of the molecule is CC#[C][Mg][Cl]. The van der Waals surface area contributed by atoms with Crippen molar-refractivity contribution >= 4 is 28.3 Å². The van der Waals surface area contributed by atoms with Crippen molar-refractivity contribution in [1.29, 1.82) is 0 Å². The summed E-state index contributed by atoms with van der Waals surface area (Å²) in [6.07, 6.45) is 0. The first-order valence-electron chi connectivity index (χ1n) is 1.37. The van der Waals surface area contributed by atoms with E-state index in [1.54, 1.807) is 6.92 Å². The predicted octanol–water partition coefficient (Wildman–Crippen LogP) is 0.825. The lowest BCUT2D eigenvalue weighted by Gasteiger charge is -1.51. The molecule has 0 aromatic rings. The zero-order chi connectivity index (χ0) is 4.12. The fraction of sp³-hybridized carbons (Fsp3) is 0.333. The fourth-order valence-electron chi connectivity index (χ4n) is 0.0668. The van der Waals surface area contributed by atoms with Crippen LogP contribution in [0.3, 0.4) is 0 Å². The third-order valence-electron chi connectivity index (χ3n) is 0.244. The summed E-state index contributed by atoms with van der Waals surface area (Å²) < 4.78 is 2.77. The van der Waals surface area contributed by atoms with Gasteiger partial charge in [0.1, 0.15) is 0 Å². The molecule has 0 amide bonds. The van der Waals surface area contributed by atoms with E-state index in [0.29, 0.717) is 0 Å². The molecule has 0 heterocycles. The summed E-state index contributed by atoms with van der Waals surface area (Å²) in [4.78, 5) is 0. The summed E-state index contributed by atoms with van der Waals surface area (Å²) in [7, 11) is 5.27. The Hall–Kier alpha value is 0.616. The maximum atomic E-state index is 5.27. The van der Waals surface area contributed by atoms with Gasteiger partial charge >= 0.3 is 19.3 Å². The topological polar surface area (TPSA) is 0 Å². The van der Waals surface area contributed by atoms with Crippen LogP contribution in [-0.4, -0.2) is 19.3 Å². The minimum absolute atomic E-state index is 0.475. The molecule has 0 aliphatic rings. The molecule has 0 unspecified atom stereocenters. The molecule has 0 fully saturated rings. The van der Waals surface area contributed by atoms with Gasteiger partial charge in [-0.3, -0.25) is 0 Å². The van der Waals surface area contributed by atoms with Crippen LogP contribution in [0.15, 0.2) is 0 Å². The minimum atomic E-state index is -0.475. The van der Waals surface area contributed by atoms with E-state index in [2.05, 4.69) is 9.97 Å². The number of rotatable bonds is 0. The Labute approximate surface area is 45.4 Å². The van der Waals surface area contributed by atoms with Gasteiger partial charge in [-0.15, -0.1) is 5.92 Å². The van der Waals surface area contributed by atoms with E-state index >= 15 is 0 Å². The normalized spacial score (nSPS) is 3.60. The smallest absolute Gasteiger partial charge is 0.316 e. The van der Waals surface area contributed by atoms with Gasteiger partial charge in [-0.25, -0.2) is 4.05 Å². The maximum absolute atomic E-state index is 5.27. The standard InChI is InChI=1S/C3H3.ClH.Mg/c1-3-2;;/h1H3;1H;/q;;+1/p-1. The first kappa shape index (κ1) is 5.62. The molecule has 0 spiro atoms. The van der Waals surface area contributed by atoms with Gasteiger partial charge < -0.3 is 9.07 Å². The average molecular weight is 98.8 g/mol. The van der Waals surface area contributed by atoms with Crippen molar-refractivity contribution in [2.75, 3.05) is 0 Å².